The van der Waals surface area contributed by atoms with E-state index in [-0.39, 0.29) is 18.3 Å². The number of ether oxygens (including phenoxy) is 1. The zero-order chi connectivity index (χ0) is 20.8. The number of nitrogens with zero attached hydrogens (tertiary/aromatic N) is 3. The molecule has 0 radical (unpaired) electrons. The third kappa shape index (κ3) is 5.65. The number of aromatic nitrogens is 3. The average molecular weight is 435 g/mol. The molecule has 0 aliphatic heterocycles. The van der Waals surface area contributed by atoms with Crippen LogP contribution in [0.15, 0.2) is 48.5 Å². The Morgan fingerprint density at radius 2 is 1.93 bits per heavy atom. The van der Waals surface area contributed by atoms with Crippen molar-refractivity contribution < 1.29 is 13.9 Å². The zero-order valence-electron chi connectivity index (χ0n) is 15.8. The average Bonchev–Trinajstić information content (AvgIpc) is 3.07. The molecule has 1 heterocycles. The first-order chi connectivity index (χ1) is 13.9. The molecule has 0 saturated heterocycles. The summed E-state index contributed by atoms with van der Waals surface area (Å²) >= 11 is 11.2. The first kappa shape index (κ1) is 21.0. The van der Waals surface area contributed by atoms with Crippen LogP contribution >= 0.6 is 23.8 Å². The molecule has 29 heavy (non-hydrogen) atoms. The Bertz CT molecular complexity index is 1020. The fourth-order valence-electron chi connectivity index (χ4n) is 2.69. The number of hydrogen-bond acceptors (Lipinski definition) is 4. The van der Waals surface area contributed by atoms with Crippen molar-refractivity contribution in [3.05, 3.63) is 64.1 Å². The van der Waals surface area contributed by atoms with E-state index in [9.17, 15) is 9.18 Å². The Balaban J connectivity index is 1.54. The SMILES string of the molecule is CN(CCCOc1ccc(F)cc1)C(=O)Cn1c(-c2ccc(Cl)cc2)n[nH]c1=S. The second-order valence-electron chi connectivity index (χ2n) is 6.42. The van der Waals surface area contributed by atoms with Gasteiger partial charge in [0.1, 0.15) is 18.1 Å². The molecule has 0 bridgehead atoms. The van der Waals surface area contributed by atoms with Gasteiger partial charge in [-0.15, -0.1) is 0 Å². The molecule has 0 saturated carbocycles. The third-order valence-corrected chi connectivity index (χ3v) is 4.86. The van der Waals surface area contributed by atoms with Crippen LogP contribution in [0, 0.1) is 10.6 Å². The number of nitrogens with one attached hydrogen (secondary N) is 1. The molecule has 6 nitrogen and oxygen atoms in total. The minimum atomic E-state index is -0.307. The lowest BCUT2D eigenvalue weighted by molar-refractivity contribution is -0.130. The van der Waals surface area contributed by atoms with Gasteiger partial charge in [-0.25, -0.2) is 4.39 Å². The van der Waals surface area contributed by atoms with Gasteiger partial charge in [0, 0.05) is 24.2 Å². The van der Waals surface area contributed by atoms with Gasteiger partial charge in [-0.05, 0) is 67.2 Å². The van der Waals surface area contributed by atoms with E-state index in [2.05, 4.69) is 10.2 Å². The summed E-state index contributed by atoms with van der Waals surface area (Å²) in [5, 5.41) is 7.58. The van der Waals surface area contributed by atoms with Crippen molar-refractivity contribution in [1.29, 1.82) is 0 Å². The van der Waals surface area contributed by atoms with Crippen LogP contribution in [0.5, 0.6) is 5.75 Å². The fourth-order valence-corrected chi connectivity index (χ4v) is 3.01. The number of amides is 1. The van der Waals surface area contributed by atoms with E-state index in [0.717, 1.165) is 5.56 Å². The normalized spacial score (nSPS) is 10.7. The fraction of sp³-hybridized carbons (Fsp3) is 0.250. The Morgan fingerprint density at radius 3 is 2.62 bits per heavy atom. The van der Waals surface area contributed by atoms with Crippen molar-refractivity contribution >= 4 is 29.7 Å². The Kier molecular flexibility index (Phi) is 7.00. The van der Waals surface area contributed by atoms with Gasteiger partial charge in [0.25, 0.3) is 0 Å². The van der Waals surface area contributed by atoms with Crippen LogP contribution < -0.4 is 4.74 Å². The maximum Gasteiger partial charge on any atom is 0.242 e. The molecule has 9 heteroatoms. The molecule has 0 unspecified atom stereocenters. The number of hydrogen-bond donors (Lipinski definition) is 1. The van der Waals surface area contributed by atoms with E-state index < -0.39 is 0 Å². The molecule has 152 valence electrons. The van der Waals surface area contributed by atoms with Crippen molar-refractivity contribution in [2.75, 3.05) is 20.2 Å². The van der Waals surface area contributed by atoms with Crippen molar-refractivity contribution in [1.82, 2.24) is 19.7 Å². The number of rotatable bonds is 8. The van der Waals surface area contributed by atoms with Gasteiger partial charge < -0.3 is 9.64 Å². The molecule has 0 aliphatic rings. The summed E-state index contributed by atoms with van der Waals surface area (Å²) in [4.78, 5) is 14.2. The molecular formula is C20H20ClFN4O2S. The summed E-state index contributed by atoms with van der Waals surface area (Å²) in [7, 11) is 1.73. The minimum Gasteiger partial charge on any atom is -0.494 e. The van der Waals surface area contributed by atoms with Gasteiger partial charge in [-0.1, -0.05) is 11.6 Å². The second kappa shape index (κ2) is 9.67. The van der Waals surface area contributed by atoms with Crippen LogP contribution in [0.3, 0.4) is 0 Å². The van der Waals surface area contributed by atoms with E-state index in [1.54, 1.807) is 40.8 Å². The summed E-state index contributed by atoms with van der Waals surface area (Å²) < 4.78 is 20.5. The summed E-state index contributed by atoms with van der Waals surface area (Å²) in [6.45, 7) is 1.01. The molecule has 1 amide bonds. The van der Waals surface area contributed by atoms with Crippen LogP contribution in [-0.2, 0) is 11.3 Å². The van der Waals surface area contributed by atoms with Crippen LogP contribution in [0.4, 0.5) is 4.39 Å². The van der Waals surface area contributed by atoms with E-state index in [1.807, 2.05) is 12.1 Å². The van der Waals surface area contributed by atoms with Crippen LogP contribution in [-0.4, -0.2) is 45.8 Å². The van der Waals surface area contributed by atoms with Gasteiger partial charge in [-0.3, -0.25) is 14.5 Å². The summed E-state index contributed by atoms with van der Waals surface area (Å²) in [5.41, 5.74) is 0.810. The Hall–Kier alpha value is -2.71. The Labute approximate surface area is 177 Å². The van der Waals surface area contributed by atoms with E-state index in [0.29, 0.717) is 40.9 Å². The molecule has 1 N–H and O–H groups in total. The van der Waals surface area contributed by atoms with Crippen molar-refractivity contribution in [2.45, 2.75) is 13.0 Å². The van der Waals surface area contributed by atoms with Crippen molar-refractivity contribution in [2.24, 2.45) is 0 Å². The minimum absolute atomic E-state index is 0.0720. The van der Waals surface area contributed by atoms with Gasteiger partial charge in [0.15, 0.2) is 10.6 Å². The van der Waals surface area contributed by atoms with Crippen LogP contribution in [0.25, 0.3) is 11.4 Å². The molecule has 2 aromatic carbocycles. The summed E-state index contributed by atoms with van der Waals surface area (Å²) in [6, 6.07) is 13.0. The third-order valence-electron chi connectivity index (χ3n) is 4.30. The molecule has 0 spiro atoms. The maximum absolute atomic E-state index is 12.9. The predicted molar refractivity (Wildman–Crippen MR) is 112 cm³/mol. The number of H-pyrrole nitrogens is 1. The number of likely N-dealkylation sites (N-methyl/N-ethyl adjacent to an activating group) is 1. The first-order valence-electron chi connectivity index (χ1n) is 8.97. The molecule has 3 rings (SSSR count). The van der Waals surface area contributed by atoms with Crippen molar-refractivity contribution in [3.8, 4) is 17.1 Å². The summed E-state index contributed by atoms with van der Waals surface area (Å²) in [5.74, 6) is 0.767. The van der Waals surface area contributed by atoms with Crippen LogP contribution in [0.2, 0.25) is 5.02 Å². The standard InChI is InChI=1S/C20H20ClFN4O2S/c1-25(11-2-12-28-17-9-7-16(22)8-10-17)18(27)13-26-19(23-24-20(26)29)14-3-5-15(21)6-4-14/h3-10H,2,11-13H2,1H3,(H,24,29). The van der Waals surface area contributed by atoms with Gasteiger partial charge in [0.2, 0.25) is 5.91 Å². The van der Waals surface area contributed by atoms with Gasteiger partial charge in [-0.2, -0.15) is 5.10 Å². The number of carbonyl (C=O) groups excluding carboxylic acids is 1. The Morgan fingerprint density at radius 1 is 1.24 bits per heavy atom. The highest BCUT2D eigenvalue weighted by Gasteiger charge is 2.15. The lowest BCUT2D eigenvalue weighted by Crippen LogP contribution is -2.32. The van der Waals surface area contributed by atoms with E-state index in [4.69, 9.17) is 28.6 Å². The summed E-state index contributed by atoms with van der Waals surface area (Å²) in [6.07, 6.45) is 0.639. The maximum atomic E-state index is 12.9. The smallest absolute Gasteiger partial charge is 0.242 e. The molecule has 0 fully saturated rings. The lowest BCUT2D eigenvalue weighted by Gasteiger charge is -2.18. The number of aromatic amines is 1. The van der Waals surface area contributed by atoms with Gasteiger partial charge in [0.05, 0.1) is 6.61 Å². The number of benzene rings is 2. The monoisotopic (exact) mass is 434 g/mol. The molecule has 1 aromatic heterocycles. The van der Waals surface area contributed by atoms with E-state index in [1.165, 1.54) is 12.1 Å². The van der Waals surface area contributed by atoms with Crippen molar-refractivity contribution in [3.63, 3.8) is 0 Å². The van der Waals surface area contributed by atoms with E-state index >= 15 is 0 Å². The lowest BCUT2D eigenvalue weighted by atomic mass is 10.2. The molecule has 0 atom stereocenters. The first-order valence-corrected chi connectivity index (χ1v) is 9.76. The molecule has 3 aromatic rings. The highest BCUT2D eigenvalue weighted by atomic mass is 35.5. The topological polar surface area (TPSA) is 63.1 Å². The highest BCUT2D eigenvalue weighted by molar-refractivity contribution is 7.71. The van der Waals surface area contributed by atoms with Gasteiger partial charge >= 0.3 is 0 Å². The highest BCUT2D eigenvalue weighted by Crippen LogP contribution is 2.20. The predicted octanol–water partition coefficient (Wildman–Crippen LogP) is 4.33. The second-order valence-corrected chi connectivity index (χ2v) is 7.24. The quantitative estimate of drug-likeness (QED) is 0.423. The number of halogens is 2. The largest absolute Gasteiger partial charge is 0.494 e. The molecule has 0 aliphatic carbocycles. The number of carbonyl (C=O) groups is 1. The molecular weight excluding hydrogens is 415 g/mol. The van der Waals surface area contributed by atoms with Crippen LogP contribution in [0.1, 0.15) is 6.42 Å². The zero-order valence-corrected chi connectivity index (χ0v) is 17.3.